The first-order valence-corrected chi connectivity index (χ1v) is 7.92. The zero-order valence-electron chi connectivity index (χ0n) is 14.3. The highest BCUT2D eigenvalue weighted by atomic mass is 19.1. The molecule has 0 aliphatic rings. The quantitative estimate of drug-likeness (QED) is 0.781. The molecule has 2 aromatic rings. The first-order valence-electron chi connectivity index (χ1n) is 7.92. The monoisotopic (exact) mass is 330 g/mol. The van der Waals surface area contributed by atoms with E-state index in [-0.39, 0.29) is 18.3 Å². The molecule has 0 atom stereocenters. The third-order valence-corrected chi connectivity index (χ3v) is 3.72. The van der Waals surface area contributed by atoms with Crippen LogP contribution >= 0.6 is 0 Å². The Bertz CT molecular complexity index is 673. The predicted molar refractivity (Wildman–Crippen MR) is 93.8 cm³/mol. The fourth-order valence-corrected chi connectivity index (χ4v) is 2.39. The van der Waals surface area contributed by atoms with Gasteiger partial charge in [0.2, 0.25) is 5.91 Å². The molecule has 0 saturated carbocycles. The number of ether oxygens (including phenoxy) is 1. The van der Waals surface area contributed by atoms with Crippen molar-refractivity contribution in [3.05, 3.63) is 59.9 Å². The number of anilines is 1. The summed E-state index contributed by atoms with van der Waals surface area (Å²) in [5.41, 5.74) is 1.43. The van der Waals surface area contributed by atoms with Crippen molar-refractivity contribution < 1.29 is 13.9 Å². The van der Waals surface area contributed by atoms with Crippen LogP contribution in [0.3, 0.4) is 0 Å². The molecule has 0 N–H and O–H groups in total. The maximum absolute atomic E-state index is 13.8. The predicted octanol–water partition coefficient (Wildman–Crippen LogP) is 3.32. The maximum Gasteiger partial charge on any atom is 0.242 e. The number of carbonyl (C=O) groups excluding carboxylic acids is 1. The van der Waals surface area contributed by atoms with Gasteiger partial charge in [-0.2, -0.15) is 0 Å². The number of halogens is 1. The first kappa shape index (κ1) is 17.8. The summed E-state index contributed by atoms with van der Waals surface area (Å²) in [7, 11) is 3.45. The third kappa shape index (κ3) is 4.72. The van der Waals surface area contributed by atoms with Gasteiger partial charge in [-0.05, 0) is 36.8 Å². The Hall–Kier alpha value is -2.56. The molecule has 0 saturated heterocycles. The largest absolute Gasteiger partial charge is 0.494 e. The van der Waals surface area contributed by atoms with Gasteiger partial charge in [0.25, 0.3) is 0 Å². The van der Waals surface area contributed by atoms with Gasteiger partial charge in [0.15, 0.2) is 0 Å². The van der Waals surface area contributed by atoms with Crippen LogP contribution in [0, 0.1) is 5.82 Å². The lowest BCUT2D eigenvalue weighted by Gasteiger charge is -2.23. The van der Waals surface area contributed by atoms with Crippen LogP contribution in [0.4, 0.5) is 10.1 Å². The second kappa shape index (κ2) is 8.34. The minimum atomic E-state index is -0.332. The number of rotatable bonds is 7. The summed E-state index contributed by atoms with van der Waals surface area (Å²) < 4.78 is 19.2. The molecule has 0 aliphatic heterocycles. The standard InChI is InChI=1S/C19H23FN2O2/c1-4-24-16-11-9-15(10-12-16)13-22(3)19(23)14-21(2)18-8-6-5-7-17(18)20/h5-12H,4,13-14H2,1-3H3. The molecule has 5 heteroatoms. The average Bonchev–Trinajstić information content (AvgIpc) is 2.57. The second-order valence-electron chi connectivity index (χ2n) is 5.63. The van der Waals surface area contributed by atoms with E-state index < -0.39 is 0 Å². The minimum absolute atomic E-state index is 0.0744. The third-order valence-electron chi connectivity index (χ3n) is 3.72. The van der Waals surface area contributed by atoms with Crippen molar-refractivity contribution in [1.29, 1.82) is 0 Å². The molecule has 0 aliphatic carbocycles. The lowest BCUT2D eigenvalue weighted by atomic mass is 10.2. The Labute approximate surface area is 142 Å². The number of para-hydroxylation sites is 1. The van der Waals surface area contributed by atoms with Crippen LogP contribution in [-0.2, 0) is 11.3 Å². The molecular weight excluding hydrogens is 307 g/mol. The van der Waals surface area contributed by atoms with Gasteiger partial charge >= 0.3 is 0 Å². The molecule has 128 valence electrons. The van der Waals surface area contributed by atoms with Gasteiger partial charge in [-0.15, -0.1) is 0 Å². The highest BCUT2D eigenvalue weighted by Gasteiger charge is 2.14. The van der Waals surface area contributed by atoms with Crippen LogP contribution in [0.15, 0.2) is 48.5 Å². The molecule has 2 aromatic carbocycles. The van der Waals surface area contributed by atoms with E-state index in [1.807, 2.05) is 31.2 Å². The molecule has 1 amide bonds. The Morgan fingerprint density at radius 3 is 2.38 bits per heavy atom. The highest BCUT2D eigenvalue weighted by molar-refractivity contribution is 5.81. The minimum Gasteiger partial charge on any atom is -0.494 e. The number of benzene rings is 2. The van der Waals surface area contributed by atoms with E-state index in [1.165, 1.54) is 6.07 Å². The summed E-state index contributed by atoms with van der Waals surface area (Å²) in [4.78, 5) is 15.6. The summed E-state index contributed by atoms with van der Waals surface area (Å²) in [6.45, 7) is 3.18. The number of hydrogen-bond acceptors (Lipinski definition) is 3. The lowest BCUT2D eigenvalue weighted by Crippen LogP contribution is -2.36. The molecule has 0 spiro atoms. The summed E-state index contributed by atoms with van der Waals surface area (Å²) in [6.07, 6.45) is 0. The van der Waals surface area contributed by atoms with Gasteiger partial charge < -0.3 is 14.5 Å². The SMILES string of the molecule is CCOc1ccc(CN(C)C(=O)CN(C)c2ccccc2F)cc1. The lowest BCUT2D eigenvalue weighted by molar-refractivity contribution is -0.128. The normalized spacial score (nSPS) is 10.3. The van der Waals surface area contributed by atoms with Crippen molar-refractivity contribution in [1.82, 2.24) is 4.90 Å². The van der Waals surface area contributed by atoms with Crippen molar-refractivity contribution >= 4 is 11.6 Å². The Morgan fingerprint density at radius 2 is 1.75 bits per heavy atom. The summed E-state index contributed by atoms with van der Waals surface area (Å²) in [5, 5.41) is 0. The zero-order valence-corrected chi connectivity index (χ0v) is 14.3. The van der Waals surface area contributed by atoms with Crippen LogP contribution < -0.4 is 9.64 Å². The van der Waals surface area contributed by atoms with Gasteiger partial charge in [0.05, 0.1) is 18.8 Å². The van der Waals surface area contributed by atoms with E-state index in [0.717, 1.165) is 11.3 Å². The number of nitrogens with zero attached hydrogens (tertiary/aromatic N) is 2. The molecular formula is C19H23FN2O2. The molecule has 0 unspecified atom stereocenters. The van der Waals surface area contributed by atoms with Crippen LogP contribution in [-0.4, -0.2) is 38.1 Å². The average molecular weight is 330 g/mol. The van der Waals surface area contributed by atoms with Gasteiger partial charge in [0, 0.05) is 20.6 Å². The van der Waals surface area contributed by atoms with Crippen LogP contribution in [0.2, 0.25) is 0 Å². The first-order chi connectivity index (χ1) is 11.5. The van der Waals surface area contributed by atoms with Gasteiger partial charge in [0.1, 0.15) is 11.6 Å². The molecule has 4 nitrogen and oxygen atoms in total. The van der Waals surface area contributed by atoms with E-state index in [4.69, 9.17) is 4.74 Å². The fourth-order valence-electron chi connectivity index (χ4n) is 2.39. The van der Waals surface area contributed by atoms with E-state index in [0.29, 0.717) is 18.8 Å². The van der Waals surface area contributed by atoms with Crippen LogP contribution in [0.5, 0.6) is 5.75 Å². The van der Waals surface area contributed by atoms with Crippen molar-refractivity contribution in [3.63, 3.8) is 0 Å². The Kier molecular flexibility index (Phi) is 6.18. The number of amides is 1. The number of carbonyl (C=O) groups is 1. The fraction of sp³-hybridized carbons (Fsp3) is 0.316. The topological polar surface area (TPSA) is 32.8 Å². The molecule has 0 aromatic heterocycles. The maximum atomic E-state index is 13.8. The summed E-state index contributed by atoms with van der Waals surface area (Å²) in [5.74, 6) is 0.408. The zero-order chi connectivity index (χ0) is 17.5. The van der Waals surface area contributed by atoms with Crippen LogP contribution in [0.25, 0.3) is 0 Å². The van der Waals surface area contributed by atoms with E-state index in [1.54, 1.807) is 42.1 Å². The molecule has 0 radical (unpaired) electrons. The van der Waals surface area contributed by atoms with Crippen molar-refractivity contribution in [2.24, 2.45) is 0 Å². The second-order valence-corrected chi connectivity index (χ2v) is 5.63. The van der Waals surface area contributed by atoms with Crippen molar-refractivity contribution in [3.8, 4) is 5.75 Å². The van der Waals surface area contributed by atoms with Gasteiger partial charge in [-0.25, -0.2) is 4.39 Å². The molecule has 24 heavy (non-hydrogen) atoms. The molecule has 0 heterocycles. The summed E-state index contributed by atoms with van der Waals surface area (Å²) >= 11 is 0. The van der Waals surface area contributed by atoms with Gasteiger partial charge in [-0.1, -0.05) is 24.3 Å². The van der Waals surface area contributed by atoms with Gasteiger partial charge in [-0.3, -0.25) is 4.79 Å². The van der Waals surface area contributed by atoms with E-state index in [9.17, 15) is 9.18 Å². The number of hydrogen-bond donors (Lipinski definition) is 0. The van der Waals surface area contributed by atoms with Crippen molar-refractivity contribution in [2.75, 3.05) is 32.1 Å². The van der Waals surface area contributed by atoms with Crippen LogP contribution in [0.1, 0.15) is 12.5 Å². The van der Waals surface area contributed by atoms with E-state index in [2.05, 4.69) is 0 Å². The molecule has 2 rings (SSSR count). The number of likely N-dealkylation sites (N-methyl/N-ethyl adjacent to an activating group) is 2. The van der Waals surface area contributed by atoms with E-state index >= 15 is 0 Å². The molecule has 0 fully saturated rings. The Morgan fingerprint density at radius 1 is 1.08 bits per heavy atom. The Balaban J connectivity index is 1.93. The summed E-state index contributed by atoms with van der Waals surface area (Å²) in [6, 6.07) is 14.1. The molecule has 0 bridgehead atoms. The smallest absolute Gasteiger partial charge is 0.242 e. The highest BCUT2D eigenvalue weighted by Crippen LogP contribution is 2.17. The van der Waals surface area contributed by atoms with Crippen molar-refractivity contribution in [2.45, 2.75) is 13.5 Å².